The Bertz CT molecular complexity index is 972. The van der Waals surface area contributed by atoms with Gasteiger partial charge in [-0.1, -0.05) is 64.2 Å². The fourth-order valence-electron chi connectivity index (χ4n) is 5.38. The molecular formula is C38H72N2O11+2. The Kier molecular flexibility index (Phi) is 28.2. The molecule has 51 heavy (non-hydrogen) atoms. The summed E-state index contributed by atoms with van der Waals surface area (Å²) in [6.07, 6.45) is 15.2. The van der Waals surface area contributed by atoms with Gasteiger partial charge in [0, 0.05) is 34.0 Å². The predicted molar refractivity (Wildman–Crippen MR) is 194 cm³/mol. The molecular weight excluding hydrogens is 660 g/mol. The summed E-state index contributed by atoms with van der Waals surface area (Å²) >= 11 is 0. The van der Waals surface area contributed by atoms with E-state index in [9.17, 15) is 24.0 Å². The smallest absolute Gasteiger partial charge is 0.362 e. The van der Waals surface area contributed by atoms with Gasteiger partial charge in [-0.25, -0.2) is 9.59 Å². The maximum absolute atomic E-state index is 12.9. The Morgan fingerprint density at radius 2 is 0.941 bits per heavy atom. The van der Waals surface area contributed by atoms with Crippen molar-refractivity contribution in [1.82, 2.24) is 0 Å². The van der Waals surface area contributed by atoms with Crippen LogP contribution in [-0.2, 0) is 52.4 Å². The average Bonchev–Trinajstić information content (AvgIpc) is 3.02. The summed E-state index contributed by atoms with van der Waals surface area (Å²) in [7, 11) is 9.14. The summed E-state index contributed by atoms with van der Waals surface area (Å²) in [5.74, 6) is -1.71. The fourth-order valence-corrected chi connectivity index (χ4v) is 5.38. The largest absolute Gasteiger partial charge is 0.466 e. The summed E-state index contributed by atoms with van der Waals surface area (Å²) in [5, 5.41) is 0. The first kappa shape index (κ1) is 48.2. The van der Waals surface area contributed by atoms with Crippen LogP contribution in [0, 0.1) is 0 Å². The lowest BCUT2D eigenvalue weighted by Crippen LogP contribution is -2.48. The van der Waals surface area contributed by atoms with Crippen LogP contribution in [0.3, 0.4) is 0 Å². The highest BCUT2D eigenvalue weighted by molar-refractivity contribution is 5.71. The second kappa shape index (κ2) is 29.8. The molecule has 0 heterocycles. The second-order valence-electron chi connectivity index (χ2n) is 14.8. The molecule has 1 atom stereocenters. The molecule has 13 nitrogen and oxygen atoms in total. The third-order valence-corrected chi connectivity index (χ3v) is 8.51. The van der Waals surface area contributed by atoms with Crippen molar-refractivity contribution < 1.29 is 61.4 Å². The number of esters is 5. The maximum atomic E-state index is 12.9. The number of nitrogens with zero attached hydrogens (tertiary/aromatic N) is 2. The molecule has 0 aromatic rings. The summed E-state index contributed by atoms with van der Waals surface area (Å²) in [6.45, 7) is 5.42. The van der Waals surface area contributed by atoms with Gasteiger partial charge in [0.25, 0.3) is 0 Å². The molecule has 0 aliphatic rings. The van der Waals surface area contributed by atoms with Gasteiger partial charge in [0.05, 0.1) is 34.8 Å². The van der Waals surface area contributed by atoms with E-state index in [1.165, 1.54) is 46.0 Å². The van der Waals surface area contributed by atoms with Crippen molar-refractivity contribution in [2.75, 3.05) is 94.5 Å². The SMILES string of the molecule is COCCCCCCCCCCOC(=O)CCCCCCCCC(COC(=O)C[N+](C)(C)CCOC(C)=O)OC(=O)C[N+](C)(C)CCOC(C)=O. The van der Waals surface area contributed by atoms with Gasteiger partial charge in [0.15, 0.2) is 13.1 Å². The van der Waals surface area contributed by atoms with E-state index in [4.69, 9.17) is 28.4 Å². The van der Waals surface area contributed by atoms with E-state index in [1.54, 1.807) is 7.11 Å². The third kappa shape index (κ3) is 32.9. The molecule has 0 radical (unpaired) electrons. The quantitative estimate of drug-likeness (QED) is 0.0383. The van der Waals surface area contributed by atoms with Gasteiger partial charge in [-0.2, -0.15) is 0 Å². The van der Waals surface area contributed by atoms with E-state index in [0.717, 1.165) is 64.4 Å². The van der Waals surface area contributed by atoms with Crippen LogP contribution < -0.4 is 0 Å². The van der Waals surface area contributed by atoms with Crippen LogP contribution in [0.25, 0.3) is 0 Å². The zero-order chi connectivity index (χ0) is 38.4. The Morgan fingerprint density at radius 1 is 0.490 bits per heavy atom. The number of quaternary nitrogens is 2. The van der Waals surface area contributed by atoms with Crippen molar-refractivity contribution >= 4 is 29.8 Å². The van der Waals surface area contributed by atoms with Crippen LogP contribution in [0.5, 0.6) is 0 Å². The number of unbranched alkanes of at least 4 members (excludes halogenated alkanes) is 12. The fraction of sp³-hybridized carbons (Fsp3) is 0.868. The molecule has 0 rings (SSSR count). The van der Waals surface area contributed by atoms with Crippen molar-refractivity contribution in [3.05, 3.63) is 0 Å². The lowest BCUT2D eigenvalue weighted by atomic mass is 10.1. The molecule has 0 aromatic heterocycles. The van der Waals surface area contributed by atoms with Gasteiger partial charge >= 0.3 is 29.8 Å². The molecule has 0 spiro atoms. The first-order chi connectivity index (χ1) is 24.2. The van der Waals surface area contributed by atoms with E-state index >= 15 is 0 Å². The van der Waals surface area contributed by atoms with Crippen LogP contribution in [0.15, 0.2) is 0 Å². The molecule has 0 N–H and O–H groups in total. The average molecular weight is 733 g/mol. The van der Waals surface area contributed by atoms with E-state index in [2.05, 4.69) is 0 Å². The van der Waals surface area contributed by atoms with Gasteiger partial charge in [-0.15, -0.1) is 0 Å². The molecule has 0 saturated carbocycles. The number of hydrogen-bond acceptors (Lipinski definition) is 11. The molecule has 0 amide bonds. The number of likely N-dealkylation sites (N-methyl/N-ethyl adjacent to an activating group) is 2. The molecule has 0 aliphatic heterocycles. The molecule has 0 aromatic carbocycles. The molecule has 0 bridgehead atoms. The first-order valence-electron chi connectivity index (χ1n) is 19.1. The lowest BCUT2D eigenvalue weighted by molar-refractivity contribution is -0.883. The van der Waals surface area contributed by atoms with Crippen LogP contribution in [0.4, 0.5) is 0 Å². The van der Waals surface area contributed by atoms with Crippen molar-refractivity contribution in [3.63, 3.8) is 0 Å². The molecule has 0 saturated heterocycles. The second-order valence-corrected chi connectivity index (χ2v) is 14.8. The minimum atomic E-state index is -0.590. The molecule has 1 unspecified atom stereocenters. The molecule has 298 valence electrons. The van der Waals surface area contributed by atoms with E-state index in [-0.39, 0.29) is 59.8 Å². The zero-order valence-corrected chi connectivity index (χ0v) is 33.1. The minimum Gasteiger partial charge on any atom is -0.466 e. The van der Waals surface area contributed by atoms with Crippen molar-refractivity contribution in [2.24, 2.45) is 0 Å². The van der Waals surface area contributed by atoms with Crippen LogP contribution in [-0.4, -0.2) is 139 Å². The number of ether oxygens (including phenoxy) is 6. The summed E-state index contributed by atoms with van der Waals surface area (Å²) in [5.41, 5.74) is 0. The lowest BCUT2D eigenvalue weighted by Gasteiger charge is -2.29. The number of methoxy groups -OCH3 is 1. The molecule has 13 heteroatoms. The number of rotatable bonds is 33. The summed E-state index contributed by atoms with van der Waals surface area (Å²) in [6, 6.07) is 0. The van der Waals surface area contributed by atoms with Gasteiger partial charge in [0.1, 0.15) is 39.0 Å². The molecule has 0 fully saturated rings. The van der Waals surface area contributed by atoms with Gasteiger partial charge in [-0.05, 0) is 32.1 Å². The maximum Gasteiger partial charge on any atom is 0.362 e. The van der Waals surface area contributed by atoms with Crippen molar-refractivity contribution in [2.45, 2.75) is 123 Å². The van der Waals surface area contributed by atoms with Crippen LogP contribution in [0.1, 0.15) is 117 Å². The summed E-state index contributed by atoms with van der Waals surface area (Å²) in [4.78, 5) is 59.8. The van der Waals surface area contributed by atoms with E-state index < -0.39 is 18.0 Å². The monoisotopic (exact) mass is 733 g/mol. The number of hydrogen-bond donors (Lipinski definition) is 0. The van der Waals surface area contributed by atoms with Crippen LogP contribution in [0.2, 0.25) is 0 Å². The number of carbonyl (C=O) groups excluding carboxylic acids is 5. The van der Waals surface area contributed by atoms with Crippen molar-refractivity contribution in [3.8, 4) is 0 Å². The van der Waals surface area contributed by atoms with Gasteiger partial charge < -0.3 is 37.4 Å². The van der Waals surface area contributed by atoms with Gasteiger partial charge in [-0.3, -0.25) is 14.4 Å². The van der Waals surface area contributed by atoms with E-state index in [1.807, 2.05) is 28.2 Å². The molecule has 0 aliphatic carbocycles. The van der Waals surface area contributed by atoms with E-state index in [0.29, 0.717) is 32.5 Å². The third-order valence-electron chi connectivity index (χ3n) is 8.51. The zero-order valence-electron chi connectivity index (χ0n) is 33.1. The minimum absolute atomic E-state index is 0.0488. The first-order valence-corrected chi connectivity index (χ1v) is 19.1. The normalized spacial score (nSPS) is 12.2. The Morgan fingerprint density at radius 3 is 1.45 bits per heavy atom. The van der Waals surface area contributed by atoms with Gasteiger partial charge in [0.2, 0.25) is 0 Å². The highest BCUT2D eigenvalue weighted by Crippen LogP contribution is 2.14. The Labute approximate surface area is 308 Å². The highest BCUT2D eigenvalue weighted by Gasteiger charge is 2.26. The Balaban J connectivity index is 4.46. The highest BCUT2D eigenvalue weighted by atomic mass is 16.6. The summed E-state index contributed by atoms with van der Waals surface area (Å²) < 4.78 is 32.4. The number of carbonyl (C=O) groups is 5. The van der Waals surface area contributed by atoms with Crippen molar-refractivity contribution in [1.29, 1.82) is 0 Å². The Hall–Kier alpha value is -2.77. The van der Waals surface area contributed by atoms with Crippen LogP contribution >= 0.6 is 0 Å². The topological polar surface area (TPSA) is 141 Å². The standard InChI is InChI=1S/C38H72N2O11/c1-33(41)47-28-24-39(3,4)30-37(44)50-32-35(51-38(45)31-40(5,6)25-29-48-34(2)42)22-18-14-10-11-15-19-23-36(43)49-27-21-17-13-9-8-12-16-20-26-46-7/h35H,8-32H2,1-7H3/q+2. The predicted octanol–water partition coefficient (Wildman–Crippen LogP) is 5.15.